The molecule has 0 saturated heterocycles. The average Bonchev–Trinajstić information content (AvgIpc) is 2.86. The number of halogens is 1. The molecule has 0 saturated carbocycles. The van der Waals surface area contributed by atoms with E-state index in [9.17, 15) is 4.79 Å². The van der Waals surface area contributed by atoms with Crippen molar-refractivity contribution in [3.8, 4) is 0 Å². The third kappa shape index (κ3) is 1.89. The van der Waals surface area contributed by atoms with E-state index in [-0.39, 0.29) is 11.1 Å². The Morgan fingerprint density at radius 1 is 1.11 bits per heavy atom. The summed E-state index contributed by atoms with van der Waals surface area (Å²) in [5, 5.41) is 1.97. The minimum absolute atomic E-state index is 0.0974. The first-order chi connectivity index (χ1) is 8.75. The Morgan fingerprint density at radius 3 is 2.67 bits per heavy atom. The molecule has 3 aromatic rings. The molecule has 0 aliphatic heterocycles. The number of ketones is 1. The number of carbonyl (C=O) groups is 1. The minimum atomic E-state index is -0.132. The van der Waals surface area contributed by atoms with E-state index < -0.39 is 0 Å². The fourth-order valence-corrected chi connectivity index (χ4v) is 2.71. The molecule has 3 rings (SSSR count). The summed E-state index contributed by atoms with van der Waals surface area (Å²) in [7, 11) is 0. The Hall–Kier alpha value is -1.78. The van der Waals surface area contributed by atoms with E-state index in [1.165, 1.54) is 11.3 Å². The summed E-state index contributed by atoms with van der Waals surface area (Å²) in [6, 6.07) is 10.9. The van der Waals surface area contributed by atoms with Crippen LogP contribution < -0.4 is 0 Å². The molecule has 18 heavy (non-hydrogen) atoms. The van der Waals surface area contributed by atoms with Gasteiger partial charge < -0.3 is 0 Å². The van der Waals surface area contributed by atoms with Crippen LogP contribution in [0.3, 0.4) is 0 Å². The number of rotatable bonds is 2. The van der Waals surface area contributed by atoms with Crippen molar-refractivity contribution in [3.63, 3.8) is 0 Å². The average molecular weight is 275 g/mol. The van der Waals surface area contributed by atoms with Crippen LogP contribution in [-0.2, 0) is 0 Å². The van der Waals surface area contributed by atoms with Crippen LogP contribution in [0.5, 0.6) is 0 Å². The van der Waals surface area contributed by atoms with Gasteiger partial charge in [-0.1, -0.05) is 30.3 Å². The summed E-state index contributed by atoms with van der Waals surface area (Å²) in [5.74, 6) is -0.132. The maximum atomic E-state index is 12.4. The topological polar surface area (TPSA) is 42.9 Å². The van der Waals surface area contributed by atoms with E-state index in [1.54, 1.807) is 12.1 Å². The van der Waals surface area contributed by atoms with Crippen molar-refractivity contribution in [2.45, 2.75) is 0 Å². The summed E-state index contributed by atoms with van der Waals surface area (Å²) >= 11 is 7.28. The van der Waals surface area contributed by atoms with Gasteiger partial charge in [0.25, 0.3) is 0 Å². The number of benzene rings is 1. The van der Waals surface area contributed by atoms with Gasteiger partial charge in [0.1, 0.15) is 5.69 Å². The number of nitrogens with zero attached hydrogens (tertiary/aromatic N) is 2. The molecule has 0 unspecified atom stereocenters. The molecule has 0 aliphatic carbocycles. The number of carbonyl (C=O) groups excluding carboxylic acids is 1. The van der Waals surface area contributed by atoms with Crippen molar-refractivity contribution >= 4 is 38.9 Å². The maximum Gasteiger partial charge on any atom is 0.223 e. The zero-order valence-electron chi connectivity index (χ0n) is 9.13. The molecule has 88 valence electrons. The van der Waals surface area contributed by atoms with E-state index in [0.717, 1.165) is 4.70 Å². The normalized spacial score (nSPS) is 10.7. The lowest BCUT2D eigenvalue weighted by Crippen LogP contribution is -2.05. The van der Waals surface area contributed by atoms with Crippen LogP contribution in [0.25, 0.3) is 10.2 Å². The first-order valence-corrected chi connectivity index (χ1v) is 6.52. The van der Waals surface area contributed by atoms with Gasteiger partial charge in [0.15, 0.2) is 0 Å². The number of fused-ring (bicyclic) bond motifs is 1. The fourth-order valence-electron chi connectivity index (χ4n) is 1.72. The molecule has 5 heteroatoms. The Bertz CT molecular complexity index is 724. The van der Waals surface area contributed by atoms with Crippen molar-refractivity contribution in [1.82, 2.24) is 9.97 Å². The number of hydrogen-bond donors (Lipinski definition) is 0. The number of hydrogen-bond acceptors (Lipinski definition) is 4. The number of thiophene rings is 1. The van der Waals surface area contributed by atoms with Crippen LogP contribution >= 0.6 is 22.9 Å². The van der Waals surface area contributed by atoms with E-state index in [4.69, 9.17) is 11.6 Å². The standard InChI is InChI=1S/C13H7ClN2OS/c14-13-15-9-6-7-18-12(9)10(16-13)11(17)8-4-2-1-3-5-8/h1-7H. The van der Waals surface area contributed by atoms with Crippen molar-refractivity contribution in [2.75, 3.05) is 0 Å². The Balaban J connectivity index is 2.20. The second kappa shape index (κ2) is 4.48. The van der Waals surface area contributed by atoms with Crippen LogP contribution in [-0.4, -0.2) is 15.8 Å². The molecule has 2 aromatic heterocycles. The first kappa shape index (κ1) is 11.3. The monoisotopic (exact) mass is 274 g/mol. The van der Waals surface area contributed by atoms with Crippen molar-refractivity contribution in [3.05, 3.63) is 58.3 Å². The van der Waals surface area contributed by atoms with Crippen LogP contribution in [0.15, 0.2) is 41.8 Å². The fraction of sp³-hybridized carbons (Fsp3) is 0. The predicted octanol–water partition coefficient (Wildman–Crippen LogP) is 3.58. The van der Waals surface area contributed by atoms with E-state index in [0.29, 0.717) is 16.8 Å². The molecular weight excluding hydrogens is 268 g/mol. The SMILES string of the molecule is O=C(c1ccccc1)c1nc(Cl)nc2ccsc12. The predicted molar refractivity (Wildman–Crippen MR) is 72.3 cm³/mol. The van der Waals surface area contributed by atoms with Gasteiger partial charge in [-0.05, 0) is 23.0 Å². The quantitative estimate of drug-likeness (QED) is 0.530. The van der Waals surface area contributed by atoms with Crippen LogP contribution in [0.4, 0.5) is 0 Å². The minimum Gasteiger partial charge on any atom is -0.287 e. The molecule has 3 nitrogen and oxygen atoms in total. The summed E-state index contributed by atoms with van der Waals surface area (Å²) in [6.45, 7) is 0. The van der Waals surface area contributed by atoms with Gasteiger partial charge in [-0.25, -0.2) is 9.97 Å². The van der Waals surface area contributed by atoms with Gasteiger partial charge in [-0.3, -0.25) is 4.79 Å². The largest absolute Gasteiger partial charge is 0.287 e. The van der Waals surface area contributed by atoms with E-state index >= 15 is 0 Å². The molecule has 0 amide bonds. The second-order valence-electron chi connectivity index (χ2n) is 3.67. The molecule has 0 atom stereocenters. The van der Waals surface area contributed by atoms with Gasteiger partial charge in [0.2, 0.25) is 11.1 Å². The summed E-state index contributed by atoms with van der Waals surface area (Å²) in [4.78, 5) is 20.5. The highest BCUT2D eigenvalue weighted by Crippen LogP contribution is 2.25. The van der Waals surface area contributed by atoms with E-state index in [1.807, 2.05) is 29.6 Å². The van der Waals surface area contributed by atoms with Crippen LogP contribution in [0.2, 0.25) is 5.28 Å². The molecule has 0 aliphatic rings. The molecule has 1 aromatic carbocycles. The summed E-state index contributed by atoms with van der Waals surface area (Å²) < 4.78 is 0.772. The Kier molecular flexibility index (Phi) is 2.81. The highest BCUT2D eigenvalue weighted by Gasteiger charge is 2.16. The molecular formula is C13H7ClN2OS. The van der Waals surface area contributed by atoms with Crippen molar-refractivity contribution in [2.24, 2.45) is 0 Å². The van der Waals surface area contributed by atoms with Crippen molar-refractivity contribution in [1.29, 1.82) is 0 Å². The highest BCUT2D eigenvalue weighted by molar-refractivity contribution is 7.17. The summed E-state index contributed by atoms with van der Waals surface area (Å²) in [5.41, 5.74) is 1.67. The lowest BCUT2D eigenvalue weighted by Gasteiger charge is -2.02. The third-order valence-electron chi connectivity index (χ3n) is 2.53. The molecule has 0 N–H and O–H groups in total. The molecule has 0 fully saturated rings. The second-order valence-corrected chi connectivity index (χ2v) is 4.93. The zero-order valence-corrected chi connectivity index (χ0v) is 10.7. The Morgan fingerprint density at radius 2 is 1.89 bits per heavy atom. The summed E-state index contributed by atoms with van der Waals surface area (Å²) in [6.07, 6.45) is 0. The van der Waals surface area contributed by atoms with Gasteiger partial charge in [0.05, 0.1) is 10.2 Å². The third-order valence-corrected chi connectivity index (χ3v) is 3.61. The van der Waals surface area contributed by atoms with Gasteiger partial charge in [-0.15, -0.1) is 11.3 Å². The van der Waals surface area contributed by atoms with Crippen LogP contribution in [0, 0.1) is 0 Å². The number of aromatic nitrogens is 2. The molecule has 0 radical (unpaired) electrons. The lowest BCUT2D eigenvalue weighted by molar-refractivity contribution is 0.103. The van der Waals surface area contributed by atoms with Crippen LogP contribution in [0.1, 0.15) is 16.1 Å². The molecule has 0 bridgehead atoms. The first-order valence-electron chi connectivity index (χ1n) is 5.26. The lowest BCUT2D eigenvalue weighted by atomic mass is 10.1. The highest BCUT2D eigenvalue weighted by atomic mass is 35.5. The van der Waals surface area contributed by atoms with Gasteiger partial charge in [0, 0.05) is 5.56 Å². The van der Waals surface area contributed by atoms with Crippen molar-refractivity contribution < 1.29 is 4.79 Å². The molecule has 0 spiro atoms. The van der Waals surface area contributed by atoms with Gasteiger partial charge >= 0.3 is 0 Å². The zero-order chi connectivity index (χ0) is 12.5. The molecule has 2 heterocycles. The maximum absolute atomic E-state index is 12.4. The van der Waals surface area contributed by atoms with Gasteiger partial charge in [-0.2, -0.15) is 0 Å². The smallest absolute Gasteiger partial charge is 0.223 e. The van der Waals surface area contributed by atoms with E-state index in [2.05, 4.69) is 9.97 Å². The Labute approximate surface area is 112 Å².